The van der Waals surface area contributed by atoms with E-state index in [4.69, 9.17) is 4.74 Å². The summed E-state index contributed by atoms with van der Waals surface area (Å²) in [5.74, 6) is 0.0867. The lowest BCUT2D eigenvalue weighted by atomic mass is 10.1. The number of rotatable bonds is 3. The van der Waals surface area contributed by atoms with Gasteiger partial charge >= 0.3 is 6.09 Å². The maximum absolute atomic E-state index is 14.3. The predicted octanol–water partition coefficient (Wildman–Crippen LogP) is 3.82. The fourth-order valence-electron chi connectivity index (χ4n) is 2.59. The monoisotopic (exact) mass is 333 g/mol. The van der Waals surface area contributed by atoms with Crippen molar-refractivity contribution in [3.8, 4) is 17.0 Å². The highest BCUT2D eigenvalue weighted by Crippen LogP contribution is 2.35. The van der Waals surface area contributed by atoms with Crippen molar-refractivity contribution in [2.24, 2.45) is 7.05 Å². The van der Waals surface area contributed by atoms with Crippen LogP contribution >= 0.6 is 0 Å². The molecule has 0 aliphatic rings. The number of benzene rings is 1. The lowest BCUT2D eigenvalue weighted by Crippen LogP contribution is -2.10. The molecule has 3 aromatic rings. The summed E-state index contributed by atoms with van der Waals surface area (Å²) in [5, 5.41) is 2.81. The largest absolute Gasteiger partial charge is 0.496 e. The van der Waals surface area contributed by atoms with Crippen LogP contribution in [0.25, 0.3) is 22.2 Å². The number of carbonyl (C=O) groups is 1. The number of nitrogens with zero attached hydrogens (tertiary/aromatic N) is 2. The van der Waals surface area contributed by atoms with Gasteiger partial charge in [-0.25, -0.2) is 19.1 Å². The van der Waals surface area contributed by atoms with E-state index in [1.165, 1.54) is 25.4 Å². The van der Waals surface area contributed by atoms with Gasteiger partial charge < -0.3 is 9.30 Å². The second-order valence-electron chi connectivity index (χ2n) is 5.02. The summed E-state index contributed by atoms with van der Waals surface area (Å²) in [6.45, 7) is 0. The minimum Gasteiger partial charge on any atom is -0.496 e. The number of fused-ring (bicyclic) bond motifs is 1. The Kier molecular flexibility index (Phi) is 4.03. The van der Waals surface area contributed by atoms with Gasteiger partial charge in [0.2, 0.25) is 0 Å². The van der Waals surface area contributed by atoms with Gasteiger partial charge in [0.05, 0.1) is 30.1 Å². The molecule has 1 aromatic carbocycles. The van der Waals surface area contributed by atoms with Gasteiger partial charge in [-0.2, -0.15) is 0 Å². The maximum atomic E-state index is 14.3. The Morgan fingerprint density at radius 1 is 1.33 bits per heavy atom. The molecule has 3 rings (SSSR count). The van der Waals surface area contributed by atoms with E-state index < -0.39 is 11.9 Å². The second kappa shape index (κ2) is 6.15. The molecule has 2 aromatic heterocycles. The molecule has 0 bridgehead atoms. The topological polar surface area (TPSA) is 65.4 Å². The van der Waals surface area contributed by atoms with Crippen molar-refractivity contribution in [2.75, 3.05) is 12.4 Å². The molecule has 0 unspecified atom stereocenters. The number of aromatic nitrogens is 2. The Bertz CT molecular complexity index is 924. The van der Waals surface area contributed by atoms with E-state index >= 15 is 0 Å². The highest BCUT2D eigenvalue weighted by molar-refractivity contribution is 5.91. The van der Waals surface area contributed by atoms with E-state index in [-0.39, 0.29) is 5.82 Å². The average molecular weight is 333 g/mol. The Labute approximate surface area is 135 Å². The number of hydrogen-bond acceptors (Lipinski definition) is 4. The molecule has 0 fully saturated rings. The first-order valence-corrected chi connectivity index (χ1v) is 6.93. The number of halogens is 2. The number of carbonyl (C=O) groups excluding carboxylic acids is 1. The van der Waals surface area contributed by atoms with E-state index in [2.05, 4.69) is 15.2 Å². The minimum atomic E-state index is -1.27. The van der Waals surface area contributed by atoms with E-state index in [1.807, 2.05) is 0 Å². The molecule has 1 N–H and O–H groups in total. The van der Waals surface area contributed by atoms with Crippen LogP contribution in [0.4, 0.5) is 19.5 Å². The van der Waals surface area contributed by atoms with Crippen LogP contribution in [-0.4, -0.2) is 22.8 Å². The molecule has 2 heterocycles. The van der Waals surface area contributed by atoms with Gasteiger partial charge in [0.15, 0.2) is 0 Å². The van der Waals surface area contributed by atoms with Crippen molar-refractivity contribution in [2.45, 2.75) is 0 Å². The molecule has 0 saturated carbocycles. The van der Waals surface area contributed by atoms with Gasteiger partial charge in [-0.1, -0.05) is 6.07 Å². The zero-order valence-electron chi connectivity index (χ0n) is 12.8. The number of anilines is 1. The van der Waals surface area contributed by atoms with Crippen LogP contribution in [0.1, 0.15) is 0 Å². The molecule has 24 heavy (non-hydrogen) atoms. The number of ether oxygens (including phenoxy) is 1. The summed E-state index contributed by atoms with van der Waals surface area (Å²) < 4.78 is 33.1. The summed E-state index contributed by atoms with van der Waals surface area (Å²) in [7, 11) is 3.22. The Balaban J connectivity index is 2.14. The zero-order valence-corrected chi connectivity index (χ0v) is 12.8. The highest BCUT2D eigenvalue weighted by atomic mass is 19.3. The van der Waals surface area contributed by atoms with Crippen LogP contribution in [0.2, 0.25) is 0 Å². The van der Waals surface area contributed by atoms with Crippen molar-refractivity contribution < 1.29 is 23.4 Å². The van der Waals surface area contributed by atoms with Gasteiger partial charge in [0, 0.05) is 17.0 Å². The third kappa shape index (κ3) is 2.62. The molecule has 0 spiro atoms. The van der Waals surface area contributed by atoms with E-state index in [0.717, 1.165) is 0 Å². The second-order valence-corrected chi connectivity index (χ2v) is 5.02. The number of amides is 1. The molecule has 0 radical (unpaired) electrons. The fourth-order valence-corrected chi connectivity index (χ4v) is 2.59. The summed E-state index contributed by atoms with van der Waals surface area (Å²) in [5.41, 5.74) is 1.60. The molecule has 8 heteroatoms. The zero-order chi connectivity index (χ0) is 17.3. The van der Waals surface area contributed by atoms with Crippen molar-refractivity contribution in [1.82, 2.24) is 9.55 Å². The molecule has 6 nitrogen and oxygen atoms in total. The summed E-state index contributed by atoms with van der Waals surface area (Å²) in [6.07, 6.45) is 0.216. The third-order valence-electron chi connectivity index (χ3n) is 3.68. The Hall–Kier alpha value is -3.16. The lowest BCUT2D eigenvalue weighted by molar-refractivity contribution is -0.0544. The summed E-state index contributed by atoms with van der Waals surface area (Å²) in [6, 6.07) is 7.83. The number of pyridine rings is 1. The first-order valence-electron chi connectivity index (χ1n) is 6.93. The standard InChI is InChI=1S/C16H13F2N3O3/c1-21-11(15-10(17)4-3-5-13(15)23-2)6-9-7-14(19-8-12(9)21)20-16(22)24-18/h3-8H,1-2H3,(H,19,20,22). The normalized spacial score (nSPS) is 10.7. The van der Waals surface area contributed by atoms with Crippen LogP contribution < -0.4 is 10.1 Å². The minimum absolute atomic E-state index is 0.114. The quantitative estimate of drug-likeness (QED) is 0.791. The maximum Gasteiger partial charge on any atom is 0.450 e. The first-order chi connectivity index (χ1) is 11.5. The lowest BCUT2D eigenvalue weighted by Gasteiger charge is -2.10. The molecule has 0 aliphatic heterocycles. The third-order valence-corrected chi connectivity index (χ3v) is 3.68. The Morgan fingerprint density at radius 2 is 2.12 bits per heavy atom. The van der Waals surface area contributed by atoms with Crippen molar-refractivity contribution in [3.05, 3.63) is 42.3 Å². The average Bonchev–Trinajstić information content (AvgIpc) is 2.90. The van der Waals surface area contributed by atoms with Crippen molar-refractivity contribution in [1.29, 1.82) is 0 Å². The van der Waals surface area contributed by atoms with E-state index in [9.17, 15) is 13.7 Å². The molecule has 0 aliphatic carbocycles. The van der Waals surface area contributed by atoms with Crippen LogP contribution in [0.5, 0.6) is 5.75 Å². The van der Waals surface area contributed by atoms with Gasteiger partial charge in [0.1, 0.15) is 17.4 Å². The SMILES string of the molecule is COc1cccc(F)c1-c1cc2cc(NC(=O)OF)ncc2n1C. The molecule has 1 amide bonds. The van der Waals surface area contributed by atoms with Crippen LogP contribution in [0.15, 0.2) is 36.5 Å². The number of hydrogen-bond donors (Lipinski definition) is 1. The van der Waals surface area contributed by atoms with Gasteiger partial charge in [0.25, 0.3) is 0 Å². The molecular weight excluding hydrogens is 320 g/mol. The predicted molar refractivity (Wildman–Crippen MR) is 83.9 cm³/mol. The first kappa shape index (κ1) is 15.7. The fraction of sp³-hybridized carbons (Fsp3) is 0.125. The summed E-state index contributed by atoms with van der Waals surface area (Å²) in [4.78, 5) is 18.0. The number of methoxy groups -OCH3 is 1. The van der Waals surface area contributed by atoms with Crippen LogP contribution in [0.3, 0.4) is 0 Å². The Morgan fingerprint density at radius 3 is 2.83 bits per heavy atom. The van der Waals surface area contributed by atoms with Crippen molar-refractivity contribution in [3.63, 3.8) is 0 Å². The van der Waals surface area contributed by atoms with Gasteiger partial charge in [-0.3, -0.25) is 5.32 Å². The van der Waals surface area contributed by atoms with Crippen molar-refractivity contribution >= 4 is 22.8 Å². The number of nitrogens with one attached hydrogen (secondary N) is 1. The van der Waals surface area contributed by atoms with Gasteiger partial charge in [-0.05, 0) is 24.3 Å². The molecule has 0 atom stereocenters. The van der Waals surface area contributed by atoms with E-state index in [1.54, 1.807) is 29.8 Å². The molecular formula is C16H13F2N3O3. The molecule has 0 saturated heterocycles. The smallest absolute Gasteiger partial charge is 0.450 e. The number of aryl methyl sites for hydroxylation is 1. The van der Waals surface area contributed by atoms with Gasteiger partial charge in [-0.15, -0.1) is 0 Å². The molecule has 124 valence electrons. The summed E-state index contributed by atoms with van der Waals surface area (Å²) >= 11 is 0. The van der Waals surface area contributed by atoms with Crippen LogP contribution in [-0.2, 0) is 12.0 Å². The van der Waals surface area contributed by atoms with E-state index in [0.29, 0.717) is 27.9 Å². The van der Waals surface area contributed by atoms with Crippen LogP contribution in [0, 0.1) is 5.82 Å². The highest BCUT2D eigenvalue weighted by Gasteiger charge is 2.17.